The molecule has 5 heteroatoms. The van der Waals surface area contributed by atoms with Gasteiger partial charge in [-0.2, -0.15) is 0 Å². The van der Waals surface area contributed by atoms with Crippen molar-refractivity contribution in [3.63, 3.8) is 0 Å². The van der Waals surface area contributed by atoms with Crippen molar-refractivity contribution in [1.82, 2.24) is 19.9 Å². The fraction of sp³-hybridized carbons (Fsp3) is 0. The number of hydrogen-bond acceptors (Lipinski definition) is 5. The second-order valence-electron chi connectivity index (χ2n) is 6.46. The highest BCUT2D eigenvalue weighted by atomic mass is 32.1. The normalized spacial score (nSPS) is 10.8. The highest BCUT2D eigenvalue weighted by molar-refractivity contribution is 7.18. The molecule has 0 aliphatic rings. The molecular weight excluding hydrogens is 376 g/mol. The van der Waals surface area contributed by atoms with E-state index in [1.807, 2.05) is 60.9 Å². The number of hydrogen-bond donors (Lipinski definition) is 0. The minimum atomic E-state index is 0.926. The molecule has 5 aromatic heterocycles. The molecule has 0 aliphatic carbocycles. The summed E-state index contributed by atoms with van der Waals surface area (Å²) < 4.78 is 0. The summed E-state index contributed by atoms with van der Waals surface area (Å²) in [5, 5.41) is 0. The summed E-state index contributed by atoms with van der Waals surface area (Å²) in [6, 6.07) is 24.1. The van der Waals surface area contributed by atoms with E-state index in [0.717, 1.165) is 43.7 Å². The summed E-state index contributed by atoms with van der Waals surface area (Å²) in [5.41, 5.74) is 5.78. The second-order valence-corrected chi connectivity index (χ2v) is 7.54. The molecule has 5 aromatic rings. The standard InChI is InChI=1S/C24H16N4S/c1-3-13-25-19(5-1)17-7-9-21(27-15-17)23-11-12-24(29-23)22-10-8-18(16-28-22)20-6-2-4-14-26-20/h1-16H. The van der Waals surface area contributed by atoms with Gasteiger partial charge in [0.2, 0.25) is 0 Å². The highest BCUT2D eigenvalue weighted by Gasteiger charge is 2.09. The number of thiophene rings is 1. The predicted molar refractivity (Wildman–Crippen MR) is 117 cm³/mol. The van der Waals surface area contributed by atoms with E-state index in [9.17, 15) is 0 Å². The Hall–Kier alpha value is -3.70. The van der Waals surface area contributed by atoms with Crippen LogP contribution in [0.25, 0.3) is 43.7 Å². The molecule has 0 unspecified atom stereocenters. The molecule has 0 radical (unpaired) electrons. The van der Waals surface area contributed by atoms with Crippen LogP contribution in [0.5, 0.6) is 0 Å². The average molecular weight is 392 g/mol. The highest BCUT2D eigenvalue weighted by Crippen LogP contribution is 2.33. The molecule has 0 aliphatic heterocycles. The van der Waals surface area contributed by atoms with Gasteiger partial charge in [0.25, 0.3) is 0 Å². The van der Waals surface area contributed by atoms with Crippen LogP contribution in [0.2, 0.25) is 0 Å². The Morgan fingerprint density at radius 2 is 0.966 bits per heavy atom. The molecular formula is C24H16N4S. The minimum Gasteiger partial charge on any atom is -0.256 e. The van der Waals surface area contributed by atoms with Crippen LogP contribution in [-0.4, -0.2) is 19.9 Å². The van der Waals surface area contributed by atoms with Crippen LogP contribution in [0.3, 0.4) is 0 Å². The topological polar surface area (TPSA) is 51.6 Å². The Morgan fingerprint density at radius 1 is 0.448 bits per heavy atom. The van der Waals surface area contributed by atoms with Crippen molar-refractivity contribution in [3.05, 3.63) is 97.6 Å². The van der Waals surface area contributed by atoms with Crippen LogP contribution in [0.1, 0.15) is 0 Å². The fourth-order valence-electron chi connectivity index (χ4n) is 3.06. The lowest BCUT2D eigenvalue weighted by Gasteiger charge is -2.02. The molecule has 29 heavy (non-hydrogen) atoms. The van der Waals surface area contributed by atoms with E-state index in [-0.39, 0.29) is 0 Å². The van der Waals surface area contributed by atoms with Gasteiger partial charge in [-0.1, -0.05) is 12.1 Å². The first-order chi connectivity index (χ1) is 14.4. The maximum Gasteiger partial charge on any atom is 0.0802 e. The lowest BCUT2D eigenvalue weighted by atomic mass is 10.1. The molecule has 0 saturated carbocycles. The molecule has 138 valence electrons. The lowest BCUT2D eigenvalue weighted by molar-refractivity contribution is 1.28. The fourth-order valence-corrected chi connectivity index (χ4v) is 4.02. The van der Waals surface area contributed by atoms with E-state index >= 15 is 0 Å². The number of aromatic nitrogens is 4. The lowest BCUT2D eigenvalue weighted by Crippen LogP contribution is -1.85. The Bertz CT molecular complexity index is 1120. The van der Waals surface area contributed by atoms with E-state index < -0.39 is 0 Å². The molecule has 5 heterocycles. The van der Waals surface area contributed by atoms with E-state index in [1.165, 1.54) is 0 Å². The first-order valence-corrected chi connectivity index (χ1v) is 10.0. The molecule has 0 fully saturated rings. The molecule has 0 N–H and O–H groups in total. The van der Waals surface area contributed by atoms with Gasteiger partial charge in [0.05, 0.1) is 32.5 Å². The Labute approximate surface area is 172 Å². The summed E-state index contributed by atoms with van der Waals surface area (Å²) in [6.07, 6.45) is 7.33. The van der Waals surface area contributed by atoms with Crippen LogP contribution in [0.4, 0.5) is 0 Å². The molecule has 0 aromatic carbocycles. The quantitative estimate of drug-likeness (QED) is 0.377. The zero-order valence-corrected chi connectivity index (χ0v) is 16.3. The van der Waals surface area contributed by atoms with Crippen LogP contribution < -0.4 is 0 Å². The van der Waals surface area contributed by atoms with E-state index in [2.05, 4.69) is 44.2 Å². The number of rotatable bonds is 4. The van der Waals surface area contributed by atoms with Crippen molar-refractivity contribution in [2.75, 3.05) is 0 Å². The summed E-state index contributed by atoms with van der Waals surface area (Å²) >= 11 is 1.69. The Kier molecular flexibility index (Phi) is 4.64. The molecule has 5 rings (SSSR count). The minimum absolute atomic E-state index is 0.926. The summed E-state index contributed by atoms with van der Waals surface area (Å²) in [6.45, 7) is 0. The van der Waals surface area contributed by atoms with Crippen LogP contribution >= 0.6 is 11.3 Å². The molecule has 4 nitrogen and oxygen atoms in total. The van der Waals surface area contributed by atoms with Gasteiger partial charge < -0.3 is 0 Å². The Balaban J connectivity index is 1.38. The van der Waals surface area contributed by atoms with Gasteiger partial charge in [-0.25, -0.2) is 0 Å². The third-order valence-corrected chi connectivity index (χ3v) is 5.69. The first kappa shape index (κ1) is 17.4. The molecule has 0 saturated heterocycles. The van der Waals surface area contributed by atoms with E-state index in [1.54, 1.807) is 23.7 Å². The molecule has 0 spiro atoms. The maximum atomic E-state index is 4.63. The van der Waals surface area contributed by atoms with Gasteiger partial charge in [0, 0.05) is 35.9 Å². The summed E-state index contributed by atoms with van der Waals surface area (Å²) in [5.74, 6) is 0. The smallest absolute Gasteiger partial charge is 0.0802 e. The van der Waals surface area contributed by atoms with Crippen LogP contribution in [0, 0.1) is 0 Å². The van der Waals surface area contributed by atoms with Gasteiger partial charge >= 0.3 is 0 Å². The summed E-state index contributed by atoms with van der Waals surface area (Å²) in [7, 11) is 0. The van der Waals surface area contributed by atoms with Gasteiger partial charge in [-0.15, -0.1) is 11.3 Å². The van der Waals surface area contributed by atoms with Crippen LogP contribution in [-0.2, 0) is 0 Å². The SMILES string of the molecule is c1ccc(-c2ccc(-c3ccc(-c4ccc(-c5ccccn5)cn4)s3)nc2)nc1. The predicted octanol–water partition coefficient (Wildman–Crippen LogP) is 6.00. The monoisotopic (exact) mass is 392 g/mol. The van der Waals surface area contributed by atoms with E-state index in [4.69, 9.17) is 0 Å². The maximum absolute atomic E-state index is 4.63. The third kappa shape index (κ3) is 3.68. The Morgan fingerprint density at radius 3 is 1.34 bits per heavy atom. The van der Waals surface area contributed by atoms with E-state index in [0.29, 0.717) is 0 Å². The van der Waals surface area contributed by atoms with Crippen LogP contribution in [0.15, 0.2) is 97.6 Å². The van der Waals surface area contributed by atoms with Gasteiger partial charge in [-0.3, -0.25) is 19.9 Å². The molecule has 0 amide bonds. The average Bonchev–Trinajstić information content (AvgIpc) is 3.31. The van der Waals surface area contributed by atoms with Crippen molar-refractivity contribution < 1.29 is 0 Å². The first-order valence-electron chi connectivity index (χ1n) is 9.22. The largest absolute Gasteiger partial charge is 0.256 e. The number of pyridine rings is 4. The molecule has 0 bridgehead atoms. The van der Waals surface area contributed by atoms with Crippen molar-refractivity contribution >= 4 is 11.3 Å². The zero-order valence-electron chi connectivity index (χ0n) is 15.4. The van der Waals surface area contributed by atoms with Gasteiger partial charge in [0.15, 0.2) is 0 Å². The van der Waals surface area contributed by atoms with Crippen molar-refractivity contribution in [3.8, 4) is 43.7 Å². The third-order valence-electron chi connectivity index (χ3n) is 4.56. The summed E-state index contributed by atoms with van der Waals surface area (Å²) in [4.78, 5) is 20.2. The van der Waals surface area contributed by atoms with Crippen molar-refractivity contribution in [2.24, 2.45) is 0 Å². The second kappa shape index (κ2) is 7.73. The van der Waals surface area contributed by atoms with Gasteiger partial charge in [0.1, 0.15) is 0 Å². The zero-order chi connectivity index (χ0) is 19.5. The van der Waals surface area contributed by atoms with Crippen molar-refractivity contribution in [2.45, 2.75) is 0 Å². The van der Waals surface area contributed by atoms with Gasteiger partial charge in [-0.05, 0) is 60.7 Å². The number of nitrogens with zero attached hydrogens (tertiary/aromatic N) is 4. The van der Waals surface area contributed by atoms with Crippen molar-refractivity contribution in [1.29, 1.82) is 0 Å². The molecule has 0 atom stereocenters.